The summed E-state index contributed by atoms with van der Waals surface area (Å²) in [5.41, 5.74) is -0.358. The highest BCUT2D eigenvalue weighted by Gasteiger charge is 2.76. The standard InChI is InChI=1S/C17H22O4/c1-3-12-20-15(18)17(16(21-17)10-4-5-11-16)13-6-8-14(19-2)9-7-13/h6-9H,3-5,10-12H2,1-2H3. The Morgan fingerprint density at radius 3 is 2.48 bits per heavy atom. The zero-order chi connectivity index (χ0) is 14.9. The van der Waals surface area contributed by atoms with Gasteiger partial charge in [-0.15, -0.1) is 0 Å². The number of epoxide rings is 1. The summed E-state index contributed by atoms with van der Waals surface area (Å²) in [6.07, 6.45) is 4.90. The molecule has 21 heavy (non-hydrogen) atoms. The molecule has 1 unspecified atom stereocenters. The van der Waals surface area contributed by atoms with E-state index in [0.29, 0.717) is 6.61 Å². The smallest absolute Gasteiger partial charge is 0.346 e. The fraction of sp³-hybridized carbons (Fsp3) is 0.588. The van der Waals surface area contributed by atoms with Gasteiger partial charge in [0.05, 0.1) is 13.7 Å². The molecule has 3 rings (SSSR count). The largest absolute Gasteiger partial charge is 0.497 e. The molecule has 1 aliphatic heterocycles. The molecule has 2 aliphatic rings. The minimum absolute atomic E-state index is 0.239. The molecule has 1 aliphatic carbocycles. The number of carbonyl (C=O) groups excluding carboxylic acids is 1. The van der Waals surface area contributed by atoms with Crippen LogP contribution >= 0.6 is 0 Å². The van der Waals surface area contributed by atoms with Gasteiger partial charge in [-0.1, -0.05) is 31.9 Å². The highest BCUT2D eigenvalue weighted by Crippen LogP contribution is 2.64. The monoisotopic (exact) mass is 290 g/mol. The van der Waals surface area contributed by atoms with Gasteiger partial charge < -0.3 is 14.2 Å². The van der Waals surface area contributed by atoms with Crippen molar-refractivity contribution >= 4 is 5.97 Å². The summed E-state index contributed by atoms with van der Waals surface area (Å²) in [6.45, 7) is 2.43. The second kappa shape index (κ2) is 5.34. The summed E-state index contributed by atoms with van der Waals surface area (Å²) in [5.74, 6) is 0.536. The van der Waals surface area contributed by atoms with Crippen LogP contribution in [-0.2, 0) is 19.9 Å². The Kier molecular flexibility index (Phi) is 3.66. The molecule has 1 spiro atoms. The van der Waals surface area contributed by atoms with Gasteiger partial charge >= 0.3 is 5.97 Å². The highest BCUT2D eigenvalue weighted by molar-refractivity contribution is 5.87. The van der Waals surface area contributed by atoms with Crippen molar-refractivity contribution in [1.82, 2.24) is 0 Å². The Hall–Kier alpha value is -1.55. The van der Waals surface area contributed by atoms with E-state index in [1.54, 1.807) is 7.11 Å². The number of benzene rings is 1. The van der Waals surface area contributed by atoms with Crippen molar-refractivity contribution in [3.05, 3.63) is 29.8 Å². The Morgan fingerprint density at radius 1 is 1.24 bits per heavy atom. The van der Waals surface area contributed by atoms with E-state index in [4.69, 9.17) is 14.2 Å². The molecular formula is C17H22O4. The van der Waals surface area contributed by atoms with E-state index in [-0.39, 0.29) is 11.6 Å². The first-order chi connectivity index (χ1) is 10.2. The second-order valence-corrected chi connectivity index (χ2v) is 5.85. The quantitative estimate of drug-likeness (QED) is 0.617. The third-order valence-corrected chi connectivity index (χ3v) is 4.58. The number of carbonyl (C=O) groups is 1. The first-order valence-corrected chi connectivity index (χ1v) is 7.70. The molecule has 1 atom stereocenters. The molecule has 1 aromatic rings. The van der Waals surface area contributed by atoms with Gasteiger partial charge in [-0.05, 0) is 37.0 Å². The van der Waals surface area contributed by atoms with Crippen LogP contribution in [0.15, 0.2) is 24.3 Å². The van der Waals surface area contributed by atoms with Gasteiger partial charge in [0, 0.05) is 0 Å². The molecule has 0 N–H and O–H groups in total. The van der Waals surface area contributed by atoms with Crippen LogP contribution in [0.5, 0.6) is 5.75 Å². The van der Waals surface area contributed by atoms with Crippen LogP contribution in [0, 0.1) is 0 Å². The summed E-state index contributed by atoms with van der Waals surface area (Å²) >= 11 is 0. The topological polar surface area (TPSA) is 48.1 Å². The molecule has 1 aromatic carbocycles. The average Bonchev–Trinajstić information content (AvgIpc) is 2.92. The van der Waals surface area contributed by atoms with Gasteiger partial charge in [0.25, 0.3) is 0 Å². The molecule has 0 aromatic heterocycles. The molecule has 0 amide bonds. The highest BCUT2D eigenvalue weighted by atomic mass is 16.7. The van der Waals surface area contributed by atoms with E-state index >= 15 is 0 Å². The average molecular weight is 290 g/mol. The van der Waals surface area contributed by atoms with Crippen molar-refractivity contribution in [2.24, 2.45) is 0 Å². The maximum atomic E-state index is 12.6. The van der Waals surface area contributed by atoms with Crippen molar-refractivity contribution in [3.63, 3.8) is 0 Å². The van der Waals surface area contributed by atoms with E-state index in [0.717, 1.165) is 43.4 Å². The summed E-state index contributed by atoms with van der Waals surface area (Å²) in [7, 11) is 1.63. The third kappa shape index (κ3) is 2.13. The number of rotatable bonds is 5. The van der Waals surface area contributed by atoms with Crippen molar-refractivity contribution in [1.29, 1.82) is 0 Å². The SMILES string of the molecule is CCCOC(=O)C1(c2ccc(OC)cc2)OC12CCCC2. The van der Waals surface area contributed by atoms with Crippen LogP contribution in [-0.4, -0.2) is 25.3 Å². The third-order valence-electron chi connectivity index (χ3n) is 4.58. The Morgan fingerprint density at radius 2 is 1.90 bits per heavy atom. The van der Waals surface area contributed by atoms with E-state index < -0.39 is 5.60 Å². The van der Waals surface area contributed by atoms with Gasteiger partial charge in [-0.25, -0.2) is 4.79 Å². The van der Waals surface area contributed by atoms with E-state index in [9.17, 15) is 4.79 Å². The van der Waals surface area contributed by atoms with Crippen LogP contribution in [0.4, 0.5) is 0 Å². The number of hydrogen-bond donors (Lipinski definition) is 0. The van der Waals surface area contributed by atoms with Gasteiger partial charge in [-0.2, -0.15) is 0 Å². The maximum absolute atomic E-state index is 12.6. The van der Waals surface area contributed by atoms with Gasteiger partial charge in [-0.3, -0.25) is 0 Å². The Balaban J connectivity index is 1.91. The number of ether oxygens (including phenoxy) is 3. The lowest BCUT2D eigenvalue weighted by molar-refractivity contribution is -0.150. The molecule has 1 heterocycles. The number of esters is 1. The molecule has 4 nitrogen and oxygen atoms in total. The lowest BCUT2D eigenvalue weighted by atomic mass is 9.85. The predicted molar refractivity (Wildman–Crippen MR) is 78.2 cm³/mol. The van der Waals surface area contributed by atoms with E-state index in [1.807, 2.05) is 31.2 Å². The first-order valence-electron chi connectivity index (χ1n) is 7.70. The number of methoxy groups -OCH3 is 1. The van der Waals surface area contributed by atoms with Crippen molar-refractivity contribution in [2.45, 2.75) is 50.2 Å². The first kappa shape index (κ1) is 14.4. The molecular weight excluding hydrogens is 268 g/mol. The maximum Gasteiger partial charge on any atom is 0.346 e. The van der Waals surface area contributed by atoms with Crippen molar-refractivity contribution in [3.8, 4) is 5.75 Å². The minimum atomic E-state index is -0.898. The molecule has 0 radical (unpaired) electrons. The fourth-order valence-corrected chi connectivity index (χ4v) is 3.46. The summed E-state index contributed by atoms with van der Waals surface area (Å²) < 4.78 is 16.7. The van der Waals surface area contributed by atoms with E-state index in [1.165, 1.54) is 0 Å². The minimum Gasteiger partial charge on any atom is -0.497 e. The van der Waals surface area contributed by atoms with Crippen LogP contribution in [0.2, 0.25) is 0 Å². The Bertz CT molecular complexity index is 516. The summed E-state index contributed by atoms with van der Waals surface area (Å²) in [6, 6.07) is 7.57. The van der Waals surface area contributed by atoms with Crippen LogP contribution in [0.1, 0.15) is 44.6 Å². The number of hydrogen-bond acceptors (Lipinski definition) is 4. The van der Waals surface area contributed by atoms with Crippen molar-refractivity contribution < 1.29 is 19.0 Å². The fourth-order valence-electron chi connectivity index (χ4n) is 3.46. The molecule has 2 fully saturated rings. The molecule has 114 valence electrons. The van der Waals surface area contributed by atoms with Gasteiger partial charge in [0.15, 0.2) is 0 Å². The predicted octanol–water partition coefficient (Wildman–Crippen LogP) is 3.19. The van der Waals surface area contributed by atoms with Crippen LogP contribution in [0.3, 0.4) is 0 Å². The lowest BCUT2D eigenvalue weighted by Crippen LogP contribution is -2.32. The zero-order valence-electron chi connectivity index (χ0n) is 12.7. The Labute approximate surface area is 125 Å². The van der Waals surface area contributed by atoms with Gasteiger partial charge in [0.1, 0.15) is 11.4 Å². The zero-order valence-corrected chi connectivity index (χ0v) is 12.7. The van der Waals surface area contributed by atoms with E-state index in [2.05, 4.69) is 0 Å². The van der Waals surface area contributed by atoms with Crippen LogP contribution < -0.4 is 4.74 Å². The summed E-state index contributed by atoms with van der Waals surface area (Å²) in [5, 5.41) is 0. The summed E-state index contributed by atoms with van der Waals surface area (Å²) in [4.78, 5) is 12.6. The molecule has 4 heteroatoms. The van der Waals surface area contributed by atoms with Gasteiger partial charge in [0.2, 0.25) is 5.60 Å². The van der Waals surface area contributed by atoms with Crippen molar-refractivity contribution in [2.75, 3.05) is 13.7 Å². The lowest BCUT2D eigenvalue weighted by Gasteiger charge is -2.16. The normalized spacial score (nSPS) is 25.8. The second-order valence-electron chi connectivity index (χ2n) is 5.85. The molecule has 1 saturated heterocycles. The molecule has 1 saturated carbocycles. The van der Waals surface area contributed by atoms with Crippen LogP contribution in [0.25, 0.3) is 0 Å². The molecule has 0 bridgehead atoms.